The summed E-state index contributed by atoms with van der Waals surface area (Å²) in [5.41, 5.74) is 2.07. The SMILES string of the molecule is CC(C)(C)OC(=O)N1CC(NC2CCCc3cc(O)ccc32)C1. The van der Waals surface area contributed by atoms with E-state index < -0.39 is 5.60 Å². The number of fused-ring (bicyclic) bond motifs is 1. The van der Waals surface area contributed by atoms with Gasteiger partial charge in [0.05, 0.1) is 0 Å². The summed E-state index contributed by atoms with van der Waals surface area (Å²) in [5, 5.41) is 13.3. The number of likely N-dealkylation sites (tertiary alicyclic amines) is 1. The fourth-order valence-corrected chi connectivity index (χ4v) is 3.32. The zero-order chi connectivity index (χ0) is 16.6. The van der Waals surface area contributed by atoms with Gasteiger partial charge in [-0.1, -0.05) is 6.07 Å². The van der Waals surface area contributed by atoms with Crippen molar-refractivity contribution >= 4 is 6.09 Å². The molecule has 3 rings (SSSR count). The van der Waals surface area contributed by atoms with Crippen LogP contribution in [0, 0.1) is 0 Å². The highest BCUT2D eigenvalue weighted by atomic mass is 16.6. The highest BCUT2D eigenvalue weighted by molar-refractivity contribution is 5.69. The molecule has 5 nitrogen and oxygen atoms in total. The molecule has 1 aromatic rings. The first-order chi connectivity index (χ1) is 10.8. The van der Waals surface area contributed by atoms with Crippen LogP contribution < -0.4 is 5.32 Å². The molecule has 0 aromatic heterocycles. The summed E-state index contributed by atoms with van der Waals surface area (Å²) in [6, 6.07) is 6.27. The monoisotopic (exact) mass is 318 g/mol. The lowest BCUT2D eigenvalue weighted by molar-refractivity contribution is 0.00390. The van der Waals surface area contributed by atoms with Gasteiger partial charge >= 0.3 is 6.09 Å². The van der Waals surface area contributed by atoms with Gasteiger partial charge in [-0.3, -0.25) is 0 Å². The van der Waals surface area contributed by atoms with Gasteiger partial charge < -0.3 is 20.1 Å². The molecule has 2 aliphatic rings. The lowest BCUT2D eigenvalue weighted by atomic mass is 9.86. The Morgan fingerprint density at radius 1 is 1.35 bits per heavy atom. The molecular weight excluding hydrogens is 292 g/mol. The smallest absolute Gasteiger partial charge is 0.410 e. The Balaban J connectivity index is 1.54. The van der Waals surface area contributed by atoms with Crippen molar-refractivity contribution in [1.82, 2.24) is 10.2 Å². The van der Waals surface area contributed by atoms with E-state index in [1.54, 1.807) is 11.0 Å². The van der Waals surface area contributed by atoms with Gasteiger partial charge in [0.25, 0.3) is 0 Å². The number of aryl methyl sites for hydroxylation is 1. The van der Waals surface area contributed by atoms with Gasteiger partial charge in [-0.05, 0) is 63.3 Å². The molecular formula is C18H26N2O3. The van der Waals surface area contributed by atoms with Crippen molar-refractivity contribution in [2.75, 3.05) is 13.1 Å². The van der Waals surface area contributed by atoms with Gasteiger partial charge in [-0.15, -0.1) is 0 Å². The van der Waals surface area contributed by atoms with Crippen molar-refractivity contribution in [2.24, 2.45) is 0 Å². The minimum atomic E-state index is -0.445. The zero-order valence-electron chi connectivity index (χ0n) is 14.1. The number of carbonyl (C=O) groups is 1. The largest absolute Gasteiger partial charge is 0.508 e. The van der Waals surface area contributed by atoms with E-state index in [-0.39, 0.29) is 6.09 Å². The molecule has 23 heavy (non-hydrogen) atoms. The van der Waals surface area contributed by atoms with Crippen molar-refractivity contribution in [3.63, 3.8) is 0 Å². The lowest BCUT2D eigenvalue weighted by Crippen LogP contribution is -2.61. The van der Waals surface area contributed by atoms with E-state index in [1.807, 2.05) is 32.9 Å². The predicted molar refractivity (Wildman–Crippen MR) is 88.5 cm³/mol. The standard InChI is InChI=1S/C18H26N2O3/c1-18(2,3)23-17(22)20-10-13(11-20)19-16-6-4-5-12-9-14(21)7-8-15(12)16/h7-9,13,16,19,21H,4-6,10-11H2,1-3H3. The zero-order valence-corrected chi connectivity index (χ0v) is 14.1. The number of aromatic hydroxyl groups is 1. The van der Waals surface area contributed by atoms with E-state index in [9.17, 15) is 9.90 Å². The molecule has 0 bridgehead atoms. The van der Waals surface area contributed by atoms with Crippen LogP contribution in [-0.4, -0.2) is 40.8 Å². The molecule has 0 saturated carbocycles. The summed E-state index contributed by atoms with van der Waals surface area (Å²) in [5.74, 6) is 0.337. The predicted octanol–water partition coefficient (Wildman–Crippen LogP) is 2.98. The number of nitrogens with zero attached hydrogens (tertiary/aromatic N) is 1. The molecule has 0 spiro atoms. The average Bonchev–Trinajstić information content (AvgIpc) is 2.39. The maximum absolute atomic E-state index is 12.0. The molecule has 1 fully saturated rings. The molecule has 1 saturated heterocycles. The van der Waals surface area contributed by atoms with Crippen LogP contribution in [0.3, 0.4) is 0 Å². The van der Waals surface area contributed by atoms with Gasteiger partial charge in [0.2, 0.25) is 0 Å². The molecule has 1 atom stereocenters. The van der Waals surface area contributed by atoms with E-state index in [2.05, 4.69) is 5.32 Å². The Bertz CT molecular complexity index is 588. The minimum Gasteiger partial charge on any atom is -0.508 e. The Morgan fingerprint density at radius 2 is 2.09 bits per heavy atom. The van der Waals surface area contributed by atoms with Crippen LogP contribution in [0.1, 0.15) is 50.8 Å². The first-order valence-electron chi connectivity index (χ1n) is 8.37. The van der Waals surface area contributed by atoms with Crippen LogP contribution >= 0.6 is 0 Å². The Kier molecular flexibility index (Phi) is 4.23. The van der Waals surface area contributed by atoms with Crippen molar-refractivity contribution < 1.29 is 14.6 Å². The molecule has 126 valence electrons. The molecule has 0 radical (unpaired) electrons. The number of carbonyl (C=O) groups excluding carboxylic acids is 1. The van der Waals surface area contributed by atoms with Crippen LogP contribution in [0.2, 0.25) is 0 Å². The molecule has 1 aliphatic carbocycles. The van der Waals surface area contributed by atoms with Crippen molar-refractivity contribution in [3.8, 4) is 5.75 Å². The Labute approximate surface area is 137 Å². The molecule has 1 amide bonds. The lowest BCUT2D eigenvalue weighted by Gasteiger charge is -2.42. The van der Waals surface area contributed by atoms with Gasteiger partial charge in [0.1, 0.15) is 11.4 Å². The van der Waals surface area contributed by atoms with E-state index in [1.165, 1.54) is 11.1 Å². The van der Waals surface area contributed by atoms with Crippen LogP contribution in [0.15, 0.2) is 18.2 Å². The number of benzene rings is 1. The summed E-state index contributed by atoms with van der Waals surface area (Å²) >= 11 is 0. The fraction of sp³-hybridized carbons (Fsp3) is 0.611. The Morgan fingerprint density at radius 3 is 2.78 bits per heavy atom. The second-order valence-electron chi connectivity index (χ2n) is 7.58. The third-order valence-electron chi connectivity index (χ3n) is 4.41. The van der Waals surface area contributed by atoms with Crippen LogP contribution in [0.4, 0.5) is 4.79 Å². The van der Waals surface area contributed by atoms with E-state index >= 15 is 0 Å². The number of phenols is 1. The van der Waals surface area contributed by atoms with Gasteiger partial charge in [0.15, 0.2) is 0 Å². The third-order valence-corrected chi connectivity index (χ3v) is 4.41. The first-order valence-corrected chi connectivity index (χ1v) is 8.37. The van der Waals surface area contributed by atoms with Crippen molar-refractivity contribution in [2.45, 2.75) is 57.7 Å². The van der Waals surface area contributed by atoms with Gasteiger partial charge in [0, 0.05) is 25.2 Å². The highest BCUT2D eigenvalue weighted by Gasteiger charge is 2.35. The molecule has 1 unspecified atom stereocenters. The van der Waals surface area contributed by atoms with Crippen LogP contribution in [-0.2, 0) is 11.2 Å². The number of rotatable bonds is 2. The minimum absolute atomic E-state index is 0.232. The molecule has 1 aromatic carbocycles. The van der Waals surface area contributed by atoms with Crippen LogP contribution in [0.25, 0.3) is 0 Å². The molecule has 5 heteroatoms. The summed E-state index contributed by atoms with van der Waals surface area (Å²) in [7, 11) is 0. The maximum atomic E-state index is 12.0. The topological polar surface area (TPSA) is 61.8 Å². The van der Waals surface area contributed by atoms with Gasteiger partial charge in [-0.2, -0.15) is 0 Å². The van der Waals surface area contributed by atoms with E-state index in [4.69, 9.17) is 4.74 Å². The Hall–Kier alpha value is -1.75. The molecule has 2 N–H and O–H groups in total. The molecule has 1 heterocycles. The third kappa shape index (κ3) is 3.78. The first kappa shape index (κ1) is 16.1. The number of hydrogen-bond donors (Lipinski definition) is 2. The van der Waals surface area contributed by atoms with E-state index in [0.717, 1.165) is 19.3 Å². The normalized spacial score (nSPS) is 21.5. The number of ether oxygens (including phenoxy) is 1. The quantitative estimate of drug-likeness (QED) is 0.880. The highest BCUT2D eigenvalue weighted by Crippen LogP contribution is 2.32. The fourth-order valence-electron chi connectivity index (χ4n) is 3.32. The van der Waals surface area contributed by atoms with Crippen molar-refractivity contribution in [3.05, 3.63) is 29.3 Å². The molecule has 1 aliphatic heterocycles. The van der Waals surface area contributed by atoms with Crippen molar-refractivity contribution in [1.29, 1.82) is 0 Å². The second kappa shape index (κ2) is 6.04. The van der Waals surface area contributed by atoms with Gasteiger partial charge in [-0.25, -0.2) is 4.79 Å². The van der Waals surface area contributed by atoms with Crippen LogP contribution in [0.5, 0.6) is 5.75 Å². The number of nitrogens with one attached hydrogen (secondary N) is 1. The summed E-state index contributed by atoms with van der Waals surface area (Å²) in [6.45, 7) is 7.04. The average molecular weight is 318 g/mol. The van der Waals surface area contributed by atoms with E-state index in [0.29, 0.717) is 30.9 Å². The summed E-state index contributed by atoms with van der Waals surface area (Å²) in [4.78, 5) is 13.7. The maximum Gasteiger partial charge on any atom is 0.410 e. The number of hydrogen-bond acceptors (Lipinski definition) is 4. The summed E-state index contributed by atoms with van der Waals surface area (Å²) in [6.07, 6.45) is 3.01. The number of amides is 1. The second-order valence-corrected chi connectivity index (χ2v) is 7.58. The summed E-state index contributed by atoms with van der Waals surface area (Å²) < 4.78 is 5.38. The number of phenolic OH excluding ortho intramolecular Hbond substituents is 1.